The number of nitro benzene ring substituents is 1. The molecule has 2 aromatic carbocycles. The highest BCUT2D eigenvalue weighted by atomic mass is 32.2. The smallest absolute Gasteiger partial charge is 0.295 e. The fourth-order valence-corrected chi connectivity index (χ4v) is 3.50. The number of rotatable bonds is 8. The van der Waals surface area contributed by atoms with Crippen LogP contribution in [0.4, 0.5) is 17.1 Å². The molecule has 30 heavy (non-hydrogen) atoms. The van der Waals surface area contributed by atoms with E-state index in [2.05, 4.69) is 20.2 Å². The van der Waals surface area contributed by atoms with E-state index in [4.69, 9.17) is 4.74 Å². The maximum Gasteiger partial charge on any atom is 0.295 e. The molecule has 154 valence electrons. The van der Waals surface area contributed by atoms with Crippen LogP contribution in [0, 0.1) is 10.1 Å². The SMILES string of the molecule is COc1ccc(NS(=O)(=O)c2ccc(NN=Cc3cccnc3)c([N+](=O)[O-])c2)cc1. The number of sulfonamides is 1. The van der Waals surface area contributed by atoms with Crippen LogP contribution in [0.5, 0.6) is 5.75 Å². The summed E-state index contributed by atoms with van der Waals surface area (Å²) in [5.74, 6) is 0.566. The maximum atomic E-state index is 12.6. The van der Waals surface area contributed by atoms with Crippen molar-refractivity contribution in [2.45, 2.75) is 4.90 Å². The van der Waals surface area contributed by atoms with Gasteiger partial charge in [0.05, 0.1) is 23.1 Å². The molecule has 0 radical (unpaired) electrons. The molecule has 0 bridgehead atoms. The number of hydrogen-bond donors (Lipinski definition) is 2. The lowest BCUT2D eigenvalue weighted by Crippen LogP contribution is -2.13. The van der Waals surface area contributed by atoms with Crippen LogP contribution in [-0.4, -0.2) is 31.6 Å². The Morgan fingerprint density at radius 2 is 1.93 bits per heavy atom. The van der Waals surface area contributed by atoms with Crippen molar-refractivity contribution in [2.24, 2.45) is 5.10 Å². The van der Waals surface area contributed by atoms with Crippen LogP contribution in [0.2, 0.25) is 0 Å². The van der Waals surface area contributed by atoms with E-state index in [1.54, 1.807) is 36.7 Å². The number of aromatic nitrogens is 1. The van der Waals surface area contributed by atoms with E-state index in [0.717, 1.165) is 6.07 Å². The Morgan fingerprint density at radius 1 is 1.17 bits per heavy atom. The maximum absolute atomic E-state index is 12.6. The van der Waals surface area contributed by atoms with Crippen molar-refractivity contribution in [2.75, 3.05) is 17.3 Å². The fraction of sp³-hybridized carbons (Fsp3) is 0.0526. The second-order valence-electron chi connectivity index (χ2n) is 5.93. The Hall–Kier alpha value is -3.99. The predicted octanol–water partition coefficient (Wildman–Crippen LogP) is 3.25. The van der Waals surface area contributed by atoms with Crippen LogP contribution in [-0.2, 0) is 10.0 Å². The minimum atomic E-state index is -4.04. The number of ether oxygens (including phenoxy) is 1. The highest BCUT2D eigenvalue weighted by molar-refractivity contribution is 7.92. The van der Waals surface area contributed by atoms with Gasteiger partial charge in [-0.2, -0.15) is 5.10 Å². The molecule has 1 heterocycles. The number of benzene rings is 2. The first-order chi connectivity index (χ1) is 14.4. The molecule has 0 saturated heterocycles. The number of nitrogens with one attached hydrogen (secondary N) is 2. The van der Waals surface area contributed by atoms with Crippen molar-refractivity contribution < 1.29 is 18.1 Å². The van der Waals surface area contributed by atoms with Gasteiger partial charge in [-0.15, -0.1) is 0 Å². The lowest BCUT2D eigenvalue weighted by atomic mass is 10.3. The monoisotopic (exact) mass is 427 g/mol. The largest absolute Gasteiger partial charge is 0.497 e. The second kappa shape index (κ2) is 9.01. The lowest BCUT2D eigenvalue weighted by Gasteiger charge is -2.10. The van der Waals surface area contributed by atoms with Crippen molar-refractivity contribution in [3.05, 3.63) is 82.7 Å². The normalized spacial score (nSPS) is 11.2. The molecule has 0 fully saturated rings. The number of nitro groups is 1. The Kier molecular flexibility index (Phi) is 6.23. The molecule has 1 aromatic heterocycles. The van der Waals surface area contributed by atoms with E-state index in [9.17, 15) is 18.5 Å². The number of hydrazone groups is 1. The molecule has 2 N–H and O–H groups in total. The van der Waals surface area contributed by atoms with Gasteiger partial charge < -0.3 is 4.74 Å². The highest BCUT2D eigenvalue weighted by Crippen LogP contribution is 2.29. The summed E-state index contributed by atoms with van der Waals surface area (Å²) in [5, 5.41) is 15.4. The molecule has 0 unspecified atom stereocenters. The Bertz CT molecular complexity index is 1170. The fourth-order valence-electron chi connectivity index (χ4n) is 2.43. The van der Waals surface area contributed by atoms with Crippen LogP contribution >= 0.6 is 0 Å². The lowest BCUT2D eigenvalue weighted by molar-refractivity contribution is -0.384. The first kappa shape index (κ1) is 20.7. The number of nitrogens with zero attached hydrogens (tertiary/aromatic N) is 3. The molecule has 0 spiro atoms. The van der Waals surface area contributed by atoms with E-state index >= 15 is 0 Å². The van der Waals surface area contributed by atoms with Crippen molar-refractivity contribution in [3.63, 3.8) is 0 Å². The summed E-state index contributed by atoms with van der Waals surface area (Å²) in [5.41, 5.74) is 3.15. The molecule has 0 amide bonds. The van der Waals surface area contributed by atoms with E-state index < -0.39 is 20.6 Å². The van der Waals surface area contributed by atoms with Gasteiger partial charge in [0.1, 0.15) is 11.4 Å². The van der Waals surface area contributed by atoms with Crippen molar-refractivity contribution in [1.29, 1.82) is 0 Å². The molecule has 11 heteroatoms. The van der Waals surface area contributed by atoms with Crippen LogP contribution < -0.4 is 14.9 Å². The summed E-state index contributed by atoms with van der Waals surface area (Å²) in [6.45, 7) is 0. The summed E-state index contributed by atoms with van der Waals surface area (Å²) >= 11 is 0. The standard InChI is InChI=1S/C19H17N5O5S/c1-29-16-6-4-15(5-7-16)23-30(27,28)17-8-9-18(19(11-17)24(25)26)22-21-13-14-3-2-10-20-12-14/h2-13,22-23H,1H3. The van der Waals surface area contributed by atoms with Gasteiger partial charge >= 0.3 is 0 Å². The average molecular weight is 427 g/mol. The second-order valence-corrected chi connectivity index (χ2v) is 7.61. The van der Waals surface area contributed by atoms with Crippen molar-refractivity contribution in [3.8, 4) is 5.75 Å². The number of pyridine rings is 1. The van der Waals surface area contributed by atoms with Crippen LogP contribution in [0.3, 0.4) is 0 Å². The highest BCUT2D eigenvalue weighted by Gasteiger charge is 2.21. The third-order valence-corrected chi connectivity index (χ3v) is 5.28. The van der Waals surface area contributed by atoms with Gasteiger partial charge in [-0.1, -0.05) is 6.07 Å². The topological polar surface area (TPSA) is 136 Å². The summed E-state index contributed by atoms with van der Waals surface area (Å²) in [6.07, 6.45) is 4.61. The summed E-state index contributed by atoms with van der Waals surface area (Å²) in [4.78, 5) is 14.4. The first-order valence-electron chi connectivity index (χ1n) is 8.53. The summed E-state index contributed by atoms with van der Waals surface area (Å²) < 4.78 is 32.6. The predicted molar refractivity (Wildman–Crippen MR) is 112 cm³/mol. The molecule has 3 rings (SSSR count). The minimum Gasteiger partial charge on any atom is -0.497 e. The summed E-state index contributed by atoms with van der Waals surface area (Å²) in [6, 6.07) is 13.2. The number of hydrogen-bond acceptors (Lipinski definition) is 8. The zero-order valence-electron chi connectivity index (χ0n) is 15.7. The number of methoxy groups -OCH3 is 1. The average Bonchev–Trinajstić information content (AvgIpc) is 2.74. The van der Waals surface area contributed by atoms with Crippen molar-refractivity contribution >= 4 is 33.3 Å². The van der Waals surface area contributed by atoms with E-state index in [1.807, 2.05) is 0 Å². The van der Waals surface area contributed by atoms with Gasteiger partial charge in [-0.3, -0.25) is 25.2 Å². The van der Waals surface area contributed by atoms with Gasteiger partial charge in [0.25, 0.3) is 15.7 Å². The Balaban J connectivity index is 1.82. The van der Waals surface area contributed by atoms with E-state index in [1.165, 1.54) is 37.6 Å². The molecule has 0 aliphatic rings. The number of anilines is 2. The third-order valence-electron chi connectivity index (χ3n) is 3.90. The zero-order valence-corrected chi connectivity index (χ0v) is 16.5. The molecule has 3 aromatic rings. The molecule has 0 saturated carbocycles. The quantitative estimate of drug-likeness (QED) is 0.320. The Labute approximate surface area is 172 Å². The van der Waals surface area contributed by atoms with Gasteiger partial charge in [-0.05, 0) is 42.5 Å². The third kappa shape index (κ3) is 5.08. The molecular formula is C19H17N5O5S. The van der Waals surface area contributed by atoms with Gasteiger partial charge in [0.2, 0.25) is 0 Å². The van der Waals surface area contributed by atoms with Crippen LogP contribution in [0.1, 0.15) is 5.56 Å². The van der Waals surface area contributed by atoms with Crippen LogP contribution in [0.15, 0.2) is 77.0 Å². The Morgan fingerprint density at radius 3 is 2.57 bits per heavy atom. The minimum absolute atomic E-state index is 0.0449. The molecule has 10 nitrogen and oxygen atoms in total. The van der Waals surface area contributed by atoms with Crippen LogP contribution in [0.25, 0.3) is 0 Å². The van der Waals surface area contributed by atoms with Crippen molar-refractivity contribution in [1.82, 2.24) is 4.98 Å². The first-order valence-corrected chi connectivity index (χ1v) is 10.0. The summed E-state index contributed by atoms with van der Waals surface area (Å²) in [7, 11) is -2.54. The molecule has 0 atom stereocenters. The zero-order chi connectivity index (χ0) is 21.6. The molecular weight excluding hydrogens is 410 g/mol. The molecule has 0 aliphatic carbocycles. The van der Waals surface area contributed by atoms with E-state index in [-0.39, 0.29) is 10.6 Å². The van der Waals surface area contributed by atoms with E-state index in [0.29, 0.717) is 17.0 Å². The van der Waals surface area contributed by atoms with Gasteiger partial charge in [-0.25, -0.2) is 8.42 Å². The van der Waals surface area contributed by atoms with Gasteiger partial charge in [0, 0.05) is 29.7 Å². The van der Waals surface area contributed by atoms with Gasteiger partial charge in [0.15, 0.2) is 0 Å². The molecule has 0 aliphatic heterocycles.